The van der Waals surface area contributed by atoms with Gasteiger partial charge in [-0.25, -0.2) is 0 Å². The lowest BCUT2D eigenvalue weighted by atomic mass is 10.1. The first-order valence-electron chi connectivity index (χ1n) is 8.31. The van der Waals surface area contributed by atoms with Crippen molar-refractivity contribution in [2.45, 2.75) is 13.0 Å². The van der Waals surface area contributed by atoms with Crippen LogP contribution in [0.5, 0.6) is 11.5 Å². The fraction of sp³-hybridized carbons (Fsp3) is 0.444. The molecular formula is C18H20N2O5. The van der Waals surface area contributed by atoms with Gasteiger partial charge in [0.1, 0.15) is 24.7 Å². The predicted molar refractivity (Wildman–Crippen MR) is 89.2 cm³/mol. The van der Waals surface area contributed by atoms with Gasteiger partial charge >= 0.3 is 0 Å². The Bertz CT molecular complexity index is 765. The van der Waals surface area contributed by atoms with Crippen molar-refractivity contribution in [1.82, 2.24) is 10.1 Å². The summed E-state index contributed by atoms with van der Waals surface area (Å²) in [5, 5.41) is 3.98. The van der Waals surface area contributed by atoms with E-state index in [2.05, 4.69) is 10.1 Å². The molecule has 0 amide bonds. The molecule has 0 spiro atoms. The highest BCUT2D eigenvalue weighted by Crippen LogP contribution is 2.32. The van der Waals surface area contributed by atoms with Gasteiger partial charge in [-0.3, -0.25) is 0 Å². The van der Waals surface area contributed by atoms with Crippen LogP contribution in [-0.2, 0) is 16.1 Å². The van der Waals surface area contributed by atoms with Crippen molar-refractivity contribution in [3.05, 3.63) is 35.5 Å². The van der Waals surface area contributed by atoms with Crippen LogP contribution < -0.4 is 9.47 Å². The van der Waals surface area contributed by atoms with Crippen LogP contribution in [0.25, 0.3) is 11.6 Å². The topological polar surface area (TPSA) is 75.8 Å². The molecule has 1 saturated heterocycles. The Morgan fingerprint density at radius 1 is 1.32 bits per heavy atom. The van der Waals surface area contributed by atoms with E-state index >= 15 is 0 Å². The normalized spacial score (nSPS) is 19.2. The number of hydrogen-bond donors (Lipinski definition) is 0. The Morgan fingerprint density at radius 2 is 2.28 bits per heavy atom. The van der Waals surface area contributed by atoms with Crippen molar-refractivity contribution >= 4 is 11.6 Å². The summed E-state index contributed by atoms with van der Waals surface area (Å²) in [5.41, 5.74) is 1.77. The van der Waals surface area contributed by atoms with Crippen LogP contribution in [0.2, 0.25) is 0 Å². The second-order valence-electron chi connectivity index (χ2n) is 6.12. The van der Waals surface area contributed by atoms with Gasteiger partial charge in [-0.2, -0.15) is 4.98 Å². The number of rotatable bonds is 6. The van der Waals surface area contributed by atoms with Crippen LogP contribution in [-0.4, -0.2) is 43.7 Å². The molecule has 1 atom stereocenters. The molecule has 0 N–H and O–H groups in total. The zero-order chi connectivity index (χ0) is 17.1. The van der Waals surface area contributed by atoms with Gasteiger partial charge in [0.25, 0.3) is 5.89 Å². The Balaban J connectivity index is 1.41. The third-order valence-corrected chi connectivity index (χ3v) is 4.28. The number of nitrogens with zero attached hydrogens (tertiary/aromatic N) is 2. The van der Waals surface area contributed by atoms with Crippen molar-refractivity contribution in [2.75, 3.05) is 33.5 Å². The molecule has 7 heteroatoms. The maximum absolute atomic E-state index is 5.75. The standard InChI is InChI=1S/C18H20N2O5/c1-21-15-2-3-16-13(7-15)6-14(10-24-16)18-19-17(20-25-18)11-23-9-12-4-5-22-8-12/h2-3,6-7,12H,4-5,8-11H2,1H3. The van der Waals surface area contributed by atoms with Gasteiger partial charge in [-0.05, 0) is 30.7 Å². The van der Waals surface area contributed by atoms with Crippen LogP contribution >= 0.6 is 0 Å². The lowest BCUT2D eigenvalue weighted by molar-refractivity contribution is 0.0742. The maximum Gasteiger partial charge on any atom is 0.257 e. The van der Waals surface area contributed by atoms with E-state index in [4.69, 9.17) is 23.5 Å². The zero-order valence-electron chi connectivity index (χ0n) is 14.1. The molecule has 0 bridgehead atoms. The molecule has 2 aliphatic heterocycles. The second kappa shape index (κ2) is 7.25. The Hall–Kier alpha value is -2.38. The average Bonchev–Trinajstić information content (AvgIpc) is 3.33. The fourth-order valence-corrected chi connectivity index (χ4v) is 2.88. The van der Waals surface area contributed by atoms with Crippen LogP contribution in [0.4, 0.5) is 0 Å². The molecule has 0 saturated carbocycles. The number of fused-ring (bicyclic) bond motifs is 1. The number of benzene rings is 1. The molecule has 7 nitrogen and oxygen atoms in total. The first-order valence-corrected chi connectivity index (χ1v) is 8.31. The molecule has 3 heterocycles. The quantitative estimate of drug-likeness (QED) is 0.797. The van der Waals surface area contributed by atoms with E-state index in [1.807, 2.05) is 24.3 Å². The monoisotopic (exact) mass is 344 g/mol. The van der Waals surface area contributed by atoms with Crippen LogP contribution in [0.1, 0.15) is 23.7 Å². The summed E-state index contributed by atoms with van der Waals surface area (Å²) in [5.74, 6) is 3.04. The minimum Gasteiger partial charge on any atom is -0.497 e. The van der Waals surface area contributed by atoms with Crippen molar-refractivity contribution in [2.24, 2.45) is 5.92 Å². The first-order chi connectivity index (χ1) is 12.3. The Kier molecular flexibility index (Phi) is 4.67. The van der Waals surface area contributed by atoms with Gasteiger partial charge in [-0.15, -0.1) is 0 Å². The maximum atomic E-state index is 5.75. The number of aromatic nitrogens is 2. The van der Waals surface area contributed by atoms with Crippen molar-refractivity contribution in [1.29, 1.82) is 0 Å². The fourth-order valence-electron chi connectivity index (χ4n) is 2.88. The average molecular weight is 344 g/mol. The second-order valence-corrected chi connectivity index (χ2v) is 6.12. The van der Waals surface area contributed by atoms with Crippen LogP contribution in [0.3, 0.4) is 0 Å². The SMILES string of the molecule is COc1ccc2c(c1)C=C(c1nc(COCC3CCOC3)no1)CO2. The molecule has 1 aromatic carbocycles. The molecule has 1 aromatic heterocycles. The van der Waals surface area contributed by atoms with Gasteiger partial charge in [-0.1, -0.05) is 5.16 Å². The Labute approximate surface area is 145 Å². The molecule has 132 valence electrons. The summed E-state index contributed by atoms with van der Waals surface area (Å²) >= 11 is 0. The molecule has 25 heavy (non-hydrogen) atoms. The van der Waals surface area contributed by atoms with E-state index < -0.39 is 0 Å². The van der Waals surface area contributed by atoms with E-state index in [9.17, 15) is 0 Å². The lowest BCUT2D eigenvalue weighted by Crippen LogP contribution is -2.09. The minimum atomic E-state index is 0.332. The molecule has 1 unspecified atom stereocenters. The molecular weight excluding hydrogens is 324 g/mol. The van der Waals surface area contributed by atoms with Gasteiger partial charge in [0, 0.05) is 18.1 Å². The van der Waals surface area contributed by atoms with Crippen molar-refractivity contribution in [3.8, 4) is 11.5 Å². The summed E-state index contributed by atoms with van der Waals surface area (Å²) in [6.45, 7) is 2.97. The highest BCUT2D eigenvalue weighted by atomic mass is 16.5. The minimum absolute atomic E-state index is 0.332. The number of ether oxygens (including phenoxy) is 4. The van der Waals surface area contributed by atoms with Crippen molar-refractivity contribution < 1.29 is 23.5 Å². The van der Waals surface area contributed by atoms with E-state index in [0.717, 1.165) is 42.3 Å². The summed E-state index contributed by atoms with van der Waals surface area (Å²) < 4.78 is 27.3. The van der Waals surface area contributed by atoms with Crippen molar-refractivity contribution in [3.63, 3.8) is 0 Å². The zero-order valence-corrected chi connectivity index (χ0v) is 14.1. The van der Waals surface area contributed by atoms with Gasteiger partial charge in [0.15, 0.2) is 5.82 Å². The smallest absolute Gasteiger partial charge is 0.257 e. The Morgan fingerprint density at radius 3 is 3.12 bits per heavy atom. The van der Waals surface area contributed by atoms with Crippen LogP contribution in [0.15, 0.2) is 22.7 Å². The molecule has 0 radical (unpaired) electrons. The number of methoxy groups -OCH3 is 1. The third-order valence-electron chi connectivity index (χ3n) is 4.28. The van der Waals surface area contributed by atoms with E-state index in [-0.39, 0.29) is 0 Å². The van der Waals surface area contributed by atoms with E-state index in [1.54, 1.807) is 7.11 Å². The summed E-state index contributed by atoms with van der Waals surface area (Å²) in [7, 11) is 1.64. The van der Waals surface area contributed by atoms with Crippen LogP contribution in [0, 0.1) is 5.92 Å². The highest BCUT2D eigenvalue weighted by molar-refractivity contribution is 5.83. The summed E-state index contributed by atoms with van der Waals surface area (Å²) in [6.07, 6.45) is 3.03. The van der Waals surface area contributed by atoms with Gasteiger partial charge < -0.3 is 23.5 Å². The molecule has 2 aliphatic rings. The lowest BCUT2D eigenvalue weighted by Gasteiger charge is -2.16. The molecule has 4 rings (SSSR count). The van der Waals surface area contributed by atoms with E-state index in [1.165, 1.54) is 0 Å². The van der Waals surface area contributed by atoms with Gasteiger partial charge in [0.2, 0.25) is 0 Å². The molecule has 2 aromatic rings. The highest BCUT2D eigenvalue weighted by Gasteiger charge is 2.19. The largest absolute Gasteiger partial charge is 0.497 e. The first kappa shape index (κ1) is 16.1. The molecule has 0 aliphatic carbocycles. The molecule has 1 fully saturated rings. The summed E-state index contributed by atoms with van der Waals surface area (Å²) in [4.78, 5) is 4.40. The number of hydrogen-bond acceptors (Lipinski definition) is 7. The van der Waals surface area contributed by atoms with Gasteiger partial charge in [0.05, 0.1) is 25.9 Å². The third kappa shape index (κ3) is 3.67. The summed E-state index contributed by atoms with van der Waals surface area (Å²) in [6, 6.07) is 5.68. The van der Waals surface area contributed by atoms with E-state index in [0.29, 0.717) is 37.5 Å². The predicted octanol–water partition coefficient (Wildman–Crippen LogP) is 2.56.